The van der Waals surface area contributed by atoms with Gasteiger partial charge in [0.25, 0.3) is 0 Å². The Labute approximate surface area is 130 Å². The molecular formula is C16H21ClN2O2. The minimum atomic E-state index is -0.0676. The average Bonchev–Trinajstić information content (AvgIpc) is 3.11. The molecule has 5 heteroatoms. The van der Waals surface area contributed by atoms with E-state index in [4.69, 9.17) is 16.3 Å². The first-order chi connectivity index (χ1) is 10.2. The van der Waals surface area contributed by atoms with Crippen LogP contribution in [0.4, 0.5) is 0 Å². The number of nitrogens with zero attached hydrogens (tertiary/aromatic N) is 1. The average molecular weight is 309 g/mol. The second-order valence-electron chi connectivity index (χ2n) is 5.70. The molecule has 1 aromatic carbocycles. The van der Waals surface area contributed by atoms with Gasteiger partial charge in [-0.1, -0.05) is 36.6 Å². The first-order valence-corrected chi connectivity index (χ1v) is 8.02. The molecule has 1 saturated heterocycles. The lowest BCUT2D eigenvalue weighted by atomic mass is 10.1. The van der Waals surface area contributed by atoms with Gasteiger partial charge in [-0.15, -0.1) is 0 Å². The monoisotopic (exact) mass is 308 g/mol. The van der Waals surface area contributed by atoms with E-state index in [1.54, 1.807) is 0 Å². The maximum absolute atomic E-state index is 12.0. The summed E-state index contributed by atoms with van der Waals surface area (Å²) in [6, 6.07) is 7.63. The van der Waals surface area contributed by atoms with Gasteiger partial charge in [-0.05, 0) is 30.5 Å². The third-order valence-corrected chi connectivity index (χ3v) is 4.50. The number of nitrogens with one attached hydrogen (secondary N) is 1. The topological polar surface area (TPSA) is 41.6 Å². The minimum Gasteiger partial charge on any atom is -0.376 e. The summed E-state index contributed by atoms with van der Waals surface area (Å²) < 4.78 is 5.87. The van der Waals surface area contributed by atoms with Gasteiger partial charge < -0.3 is 9.64 Å². The van der Waals surface area contributed by atoms with Crippen molar-refractivity contribution in [3.05, 3.63) is 34.9 Å². The number of hydrogen-bond acceptors (Lipinski definition) is 3. The van der Waals surface area contributed by atoms with Crippen LogP contribution in [-0.2, 0) is 9.53 Å². The van der Waals surface area contributed by atoms with E-state index < -0.39 is 0 Å². The Bertz CT molecular complexity index is 486. The summed E-state index contributed by atoms with van der Waals surface area (Å²) in [5, 5.41) is 3.96. The van der Waals surface area contributed by atoms with Crippen LogP contribution in [0.25, 0.3) is 0 Å². The second-order valence-corrected chi connectivity index (χ2v) is 6.14. The summed E-state index contributed by atoms with van der Waals surface area (Å²) in [6.45, 7) is 1.63. The van der Waals surface area contributed by atoms with Gasteiger partial charge in [-0.3, -0.25) is 10.1 Å². The van der Waals surface area contributed by atoms with Crippen molar-refractivity contribution >= 4 is 17.5 Å². The molecule has 21 heavy (non-hydrogen) atoms. The van der Waals surface area contributed by atoms with E-state index in [1.165, 1.54) is 12.8 Å². The molecule has 0 aromatic heterocycles. The predicted octanol–water partition coefficient (Wildman–Crippen LogP) is 2.73. The van der Waals surface area contributed by atoms with Gasteiger partial charge >= 0.3 is 0 Å². The van der Waals surface area contributed by atoms with Gasteiger partial charge in [-0.25, -0.2) is 0 Å². The predicted molar refractivity (Wildman–Crippen MR) is 82.1 cm³/mol. The van der Waals surface area contributed by atoms with E-state index in [1.807, 2.05) is 29.2 Å². The first kappa shape index (κ1) is 14.8. The van der Waals surface area contributed by atoms with Crippen molar-refractivity contribution in [2.24, 2.45) is 0 Å². The molecule has 114 valence electrons. The van der Waals surface area contributed by atoms with Gasteiger partial charge in [0, 0.05) is 11.6 Å². The number of rotatable bonds is 5. The maximum atomic E-state index is 12.0. The van der Waals surface area contributed by atoms with Crippen LogP contribution in [-0.4, -0.2) is 36.6 Å². The molecule has 1 aromatic rings. The number of hydrogen-bond donors (Lipinski definition) is 1. The Morgan fingerprint density at radius 3 is 2.67 bits per heavy atom. The van der Waals surface area contributed by atoms with Crippen LogP contribution < -0.4 is 5.32 Å². The van der Waals surface area contributed by atoms with Crippen LogP contribution in [0.5, 0.6) is 0 Å². The molecular weight excluding hydrogens is 288 g/mol. The van der Waals surface area contributed by atoms with Crippen LogP contribution >= 0.6 is 11.6 Å². The molecule has 2 fully saturated rings. The summed E-state index contributed by atoms with van der Waals surface area (Å²) in [5.41, 5.74) is 1.06. The van der Waals surface area contributed by atoms with Crippen LogP contribution in [0.2, 0.25) is 5.02 Å². The van der Waals surface area contributed by atoms with E-state index in [0.717, 1.165) is 18.4 Å². The zero-order valence-electron chi connectivity index (χ0n) is 12.1. The van der Waals surface area contributed by atoms with E-state index in [0.29, 0.717) is 30.8 Å². The summed E-state index contributed by atoms with van der Waals surface area (Å²) in [5.74, 6) is 0.130. The fourth-order valence-corrected chi connectivity index (χ4v) is 3.24. The van der Waals surface area contributed by atoms with Crippen molar-refractivity contribution in [3.63, 3.8) is 0 Å². The summed E-state index contributed by atoms with van der Waals surface area (Å²) in [7, 11) is 0. The zero-order chi connectivity index (χ0) is 14.7. The lowest BCUT2D eigenvalue weighted by molar-refractivity contribution is -0.129. The van der Waals surface area contributed by atoms with Crippen molar-refractivity contribution in [1.29, 1.82) is 0 Å². The van der Waals surface area contributed by atoms with Crippen LogP contribution in [0.15, 0.2) is 24.3 Å². The molecule has 0 bridgehead atoms. The van der Waals surface area contributed by atoms with Crippen molar-refractivity contribution in [3.8, 4) is 0 Å². The van der Waals surface area contributed by atoms with Gasteiger partial charge in [0.1, 0.15) is 6.17 Å². The smallest absolute Gasteiger partial charge is 0.238 e. The molecule has 1 aliphatic heterocycles. The number of benzene rings is 1. The SMILES string of the molecule is O=C1CNC(c2ccc(Cl)cc2)N1CCOC1CCCC1. The van der Waals surface area contributed by atoms with Crippen LogP contribution in [0.1, 0.15) is 37.4 Å². The quantitative estimate of drug-likeness (QED) is 0.909. The van der Waals surface area contributed by atoms with Gasteiger partial charge in [0.05, 0.1) is 19.3 Å². The number of ether oxygens (including phenoxy) is 1. The van der Waals surface area contributed by atoms with Gasteiger partial charge in [-0.2, -0.15) is 0 Å². The Balaban J connectivity index is 1.58. The van der Waals surface area contributed by atoms with E-state index in [-0.39, 0.29) is 12.1 Å². The molecule has 1 heterocycles. The third-order valence-electron chi connectivity index (χ3n) is 4.25. The highest BCUT2D eigenvalue weighted by atomic mass is 35.5. The van der Waals surface area contributed by atoms with E-state index in [2.05, 4.69) is 5.32 Å². The molecule has 1 unspecified atom stereocenters. The van der Waals surface area contributed by atoms with Crippen LogP contribution in [0, 0.1) is 0 Å². The summed E-state index contributed by atoms with van der Waals surface area (Å²) in [4.78, 5) is 13.9. The standard InChI is InChI=1S/C16H21ClN2O2/c17-13-7-5-12(6-8-13)16-18-11-15(20)19(16)9-10-21-14-3-1-2-4-14/h5-8,14,16,18H,1-4,9-11H2. The largest absolute Gasteiger partial charge is 0.376 e. The number of halogens is 1. The molecule has 1 amide bonds. The normalized spacial score (nSPS) is 23.2. The molecule has 1 N–H and O–H groups in total. The Morgan fingerprint density at radius 1 is 1.24 bits per heavy atom. The Kier molecular flexibility index (Phi) is 4.78. The molecule has 3 rings (SSSR count). The second kappa shape index (κ2) is 6.77. The highest BCUT2D eigenvalue weighted by molar-refractivity contribution is 6.30. The van der Waals surface area contributed by atoms with Gasteiger partial charge in [0.2, 0.25) is 5.91 Å². The van der Waals surface area contributed by atoms with Gasteiger partial charge in [0.15, 0.2) is 0 Å². The highest BCUT2D eigenvalue weighted by Crippen LogP contribution is 2.24. The minimum absolute atomic E-state index is 0.0676. The molecule has 1 atom stereocenters. The molecule has 0 radical (unpaired) electrons. The van der Waals surface area contributed by atoms with Crippen molar-refractivity contribution in [1.82, 2.24) is 10.2 Å². The lowest BCUT2D eigenvalue weighted by Gasteiger charge is -2.25. The fourth-order valence-electron chi connectivity index (χ4n) is 3.11. The number of carbonyl (C=O) groups is 1. The molecule has 1 saturated carbocycles. The van der Waals surface area contributed by atoms with Crippen molar-refractivity contribution < 1.29 is 9.53 Å². The number of carbonyl (C=O) groups excluding carboxylic acids is 1. The maximum Gasteiger partial charge on any atom is 0.238 e. The summed E-state index contributed by atoms with van der Waals surface area (Å²) >= 11 is 5.92. The highest BCUT2D eigenvalue weighted by Gasteiger charge is 2.31. The lowest BCUT2D eigenvalue weighted by Crippen LogP contribution is -2.34. The van der Waals surface area contributed by atoms with E-state index in [9.17, 15) is 4.79 Å². The fraction of sp³-hybridized carbons (Fsp3) is 0.562. The van der Waals surface area contributed by atoms with Crippen molar-refractivity contribution in [2.45, 2.75) is 38.0 Å². The van der Waals surface area contributed by atoms with Crippen molar-refractivity contribution in [2.75, 3.05) is 19.7 Å². The van der Waals surface area contributed by atoms with E-state index >= 15 is 0 Å². The number of amides is 1. The Morgan fingerprint density at radius 2 is 1.95 bits per heavy atom. The Hall–Kier alpha value is -1.10. The molecule has 0 spiro atoms. The van der Waals surface area contributed by atoms with Crippen LogP contribution in [0.3, 0.4) is 0 Å². The molecule has 1 aliphatic carbocycles. The zero-order valence-corrected chi connectivity index (χ0v) is 12.8. The molecule has 2 aliphatic rings. The molecule has 4 nitrogen and oxygen atoms in total. The summed E-state index contributed by atoms with van der Waals surface area (Å²) in [6.07, 6.45) is 5.18. The third kappa shape index (κ3) is 3.57. The first-order valence-electron chi connectivity index (χ1n) is 7.64.